The minimum Gasteiger partial charge on any atom is -0.307 e. The zero-order valence-electron chi connectivity index (χ0n) is 14.9. The van der Waals surface area contributed by atoms with Gasteiger partial charge in [0.25, 0.3) is 0 Å². The van der Waals surface area contributed by atoms with Gasteiger partial charge in [0.2, 0.25) is 0 Å². The Hall–Kier alpha value is -3.46. The average molecular weight is 361 g/mol. The van der Waals surface area contributed by atoms with Crippen LogP contribution in [0.3, 0.4) is 0 Å². The van der Waals surface area contributed by atoms with E-state index in [0.29, 0.717) is 12.4 Å². The Labute approximate surface area is 155 Å². The third-order valence-corrected chi connectivity index (χ3v) is 4.49. The molecule has 0 fully saturated rings. The van der Waals surface area contributed by atoms with Crippen molar-refractivity contribution < 1.29 is 0 Å². The number of aryl methyl sites for hydroxylation is 1. The van der Waals surface area contributed by atoms with Gasteiger partial charge in [-0.1, -0.05) is 13.0 Å². The van der Waals surface area contributed by atoms with Gasteiger partial charge in [0, 0.05) is 36.9 Å². The van der Waals surface area contributed by atoms with Gasteiger partial charge in [-0.3, -0.25) is 15.1 Å². The molecule has 136 valence electrons. The monoisotopic (exact) mass is 361 g/mol. The second-order valence-corrected chi connectivity index (χ2v) is 6.47. The number of imidazole rings is 1. The first-order valence-corrected chi connectivity index (χ1v) is 8.91. The lowest BCUT2D eigenvalue weighted by Crippen LogP contribution is -2.35. The SMILES string of the molecule is CCCn1cc(-c2cnc3c(n2)N(Cc2ccc4nccn4c2)NN3)cn1. The second-order valence-electron chi connectivity index (χ2n) is 6.47. The van der Waals surface area contributed by atoms with Crippen molar-refractivity contribution in [3.8, 4) is 11.3 Å². The van der Waals surface area contributed by atoms with E-state index < -0.39 is 0 Å². The number of nitrogens with one attached hydrogen (secondary N) is 2. The van der Waals surface area contributed by atoms with Crippen LogP contribution in [0.4, 0.5) is 11.6 Å². The summed E-state index contributed by atoms with van der Waals surface area (Å²) in [5.41, 5.74) is 10.0. The molecule has 0 atom stereocenters. The Morgan fingerprint density at radius 2 is 2.07 bits per heavy atom. The van der Waals surface area contributed by atoms with Gasteiger partial charge < -0.3 is 4.40 Å². The highest BCUT2D eigenvalue weighted by molar-refractivity contribution is 5.69. The molecule has 4 aromatic rings. The minimum atomic E-state index is 0.640. The molecule has 0 aromatic carbocycles. The number of aromatic nitrogens is 6. The van der Waals surface area contributed by atoms with Crippen LogP contribution >= 0.6 is 0 Å². The van der Waals surface area contributed by atoms with Crippen molar-refractivity contribution in [3.63, 3.8) is 0 Å². The van der Waals surface area contributed by atoms with Gasteiger partial charge in [-0.15, -0.1) is 5.53 Å². The molecule has 0 radical (unpaired) electrons. The molecule has 0 unspecified atom stereocenters. The highest BCUT2D eigenvalue weighted by Crippen LogP contribution is 2.28. The van der Waals surface area contributed by atoms with Crippen LogP contribution in [0, 0.1) is 0 Å². The second kappa shape index (κ2) is 6.36. The fourth-order valence-electron chi connectivity index (χ4n) is 3.17. The summed E-state index contributed by atoms with van der Waals surface area (Å²) >= 11 is 0. The number of fused-ring (bicyclic) bond motifs is 2. The van der Waals surface area contributed by atoms with E-state index in [1.54, 1.807) is 12.4 Å². The number of hydrogen-bond acceptors (Lipinski definition) is 7. The summed E-state index contributed by atoms with van der Waals surface area (Å²) in [6.45, 7) is 3.67. The van der Waals surface area contributed by atoms with Gasteiger partial charge in [-0.05, 0) is 18.1 Å². The average Bonchev–Trinajstić information content (AvgIpc) is 3.41. The number of nitrogens with zero attached hydrogens (tertiary/aromatic N) is 7. The molecule has 2 N–H and O–H groups in total. The van der Waals surface area contributed by atoms with Crippen molar-refractivity contribution in [1.29, 1.82) is 0 Å². The molecule has 5 rings (SSSR count). The summed E-state index contributed by atoms with van der Waals surface area (Å²) in [5, 5.41) is 6.33. The summed E-state index contributed by atoms with van der Waals surface area (Å²) in [4.78, 5) is 13.6. The van der Waals surface area contributed by atoms with E-state index >= 15 is 0 Å². The molecule has 0 saturated heterocycles. The molecule has 5 heterocycles. The maximum Gasteiger partial charge on any atom is 0.190 e. The topological polar surface area (TPSA) is 88.2 Å². The summed E-state index contributed by atoms with van der Waals surface area (Å²) in [6.07, 6.45) is 12.4. The lowest BCUT2D eigenvalue weighted by atomic mass is 10.2. The van der Waals surface area contributed by atoms with Gasteiger partial charge in [-0.25, -0.2) is 15.0 Å². The Morgan fingerprint density at radius 3 is 3.00 bits per heavy atom. The Morgan fingerprint density at radius 1 is 1.11 bits per heavy atom. The summed E-state index contributed by atoms with van der Waals surface area (Å²) in [5.74, 6) is 1.48. The highest BCUT2D eigenvalue weighted by Gasteiger charge is 2.23. The maximum absolute atomic E-state index is 4.79. The van der Waals surface area contributed by atoms with Crippen molar-refractivity contribution in [3.05, 3.63) is 54.9 Å². The van der Waals surface area contributed by atoms with Gasteiger partial charge in [0.1, 0.15) is 5.65 Å². The van der Waals surface area contributed by atoms with Crippen LogP contribution in [0.25, 0.3) is 16.9 Å². The van der Waals surface area contributed by atoms with E-state index in [1.165, 1.54) is 0 Å². The Balaban J connectivity index is 1.42. The first kappa shape index (κ1) is 15.8. The summed E-state index contributed by atoms with van der Waals surface area (Å²) in [6, 6.07) is 4.07. The van der Waals surface area contributed by atoms with E-state index in [-0.39, 0.29) is 0 Å². The van der Waals surface area contributed by atoms with E-state index in [1.807, 2.05) is 38.7 Å². The molecule has 27 heavy (non-hydrogen) atoms. The summed E-state index contributed by atoms with van der Waals surface area (Å²) in [7, 11) is 0. The van der Waals surface area contributed by atoms with Crippen LogP contribution in [0.1, 0.15) is 18.9 Å². The summed E-state index contributed by atoms with van der Waals surface area (Å²) < 4.78 is 3.93. The van der Waals surface area contributed by atoms with Crippen LogP contribution in [-0.2, 0) is 13.1 Å². The molecular weight excluding hydrogens is 342 g/mol. The first-order chi connectivity index (χ1) is 13.3. The molecule has 0 saturated carbocycles. The number of hydrazine groups is 2. The van der Waals surface area contributed by atoms with Crippen molar-refractivity contribution in [1.82, 2.24) is 34.7 Å². The van der Waals surface area contributed by atoms with Crippen LogP contribution < -0.4 is 16.0 Å². The molecule has 4 aromatic heterocycles. The van der Waals surface area contributed by atoms with Crippen LogP contribution in [0.2, 0.25) is 0 Å². The van der Waals surface area contributed by atoms with Crippen molar-refractivity contribution >= 4 is 17.3 Å². The predicted molar refractivity (Wildman–Crippen MR) is 102 cm³/mol. The molecule has 9 nitrogen and oxygen atoms in total. The molecule has 0 spiro atoms. The number of hydrogen-bond donors (Lipinski definition) is 2. The third-order valence-electron chi connectivity index (χ3n) is 4.49. The number of anilines is 2. The first-order valence-electron chi connectivity index (χ1n) is 8.91. The molecule has 0 aliphatic carbocycles. The molecule has 0 amide bonds. The molecular formula is C18H19N9. The zero-order chi connectivity index (χ0) is 18.2. The zero-order valence-corrected chi connectivity index (χ0v) is 14.9. The largest absolute Gasteiger partial charge is 0.307 e. The van der Waals surface area contributed by atoms with Crippen molar-refractivity contribution in [2.24, 2.45) is 0 Å². The van der Waals surface area contributed by atoms with Gasteiger partial charge in [0.05, 0.1) is 24.6 Å². The standard InChI is InChI=1S/C18H19N9/c1-2-6-26-12-14(8-21-26)15-9-20-17-18(22-15)27(24-23-17)11-13-3-4-16-19-5-7-25(16)10-13/h3-5,7-10,12,24H,2,6,11H2,1H3,(H,20,23). The van der Waals surface area contributed by atoms with E-state index in [4.69, 9.17) is 4.98 Å². The van der Waals surface area contributed by atoms with E-state index in [9.17, 15) is 0 Å². The Bertz CT molecular complexity index is 1100. The lowest BCUT2D eigenvalue weighted by Gasteiger charge is -2.17. The fourth-order valence-corrected chi connectivity index (χ4v) is 3.17. The molecule has 0 bridgehead atoms. The quantitative estimate of drug-likeness (QED) is 0.564. The van der Waals surface area contributed by atoms with E-state index in [2.05, 4.69) is 45.2 Å². The van der Waals surface area contributed by atoms with Gasteiger partial charge in [0.15, 0.2) is 11.6 Å². The molecule has 1 aliphatic heterocycles. The van der Waals surface area contributed by atoms with E-state index in [0.717, 1.165) is 41.3 Å². The van der Waals surface area contributed by atoms with Crippen LogP contribution in [-0.4, -0.2) is 29.1 Å². The number of pyridine rings is 1. The van der Waals surface area contributed by atoms with Crippen LogP contribution in [0.15, 0.2) is 49.3 Å². The van der Waals surface area contributed by atoms with Gasteiger partial charge in [-0.2, -0.15) is 5.10 Å². The normalized spacial score (nSPS) is 13.1. The Kier molecular flexibility index (Phi) is 3.72. The van der Waals surface area contributed by atoms with Crippen LogP contribution in [0.5, 0.6) is 0 Å². The maximum atomic E-state index is 4.79. The smallest absolute Gasteiger partial charge is 0.190 e. The highest BCUT2D eigenvalue weighted by atomic mass is 15.7. The lowest BCUT2D eigenvalue weighted by molar-refractivity contribution is 0.603. The third kappa shape index (κ3) is 2.87. The van der Waals surface area contributed by atoms with Gasteiger partial charge >= 0.3 is 0 Å². The minimum absolute atomic E-state index is 0.640. The van der Waals surface area contributed by atoms with Crippen molar-refractivity contribution in [2.75, 3.05) is 10.4 Å². The fraction of sp³-hybridized carbons (Fsp3) is 0.222. The molecule has 1 aliphatic rings. The predicted octanol–water partition coefficient (Wildman–Crippen LogP) is 2.25. The number of rotatable bonds is 5. The molecule has 9 heteroatoms. The van der Waals surface area contributed by atoms with Crippen molar-refractivity contribution in [2.45, 2.75) is 26.4 Å².